The van der Waals surface area contributed by atoms with Crippen molar-refractivity contribution in [3.63, 3.8) is 0 Å². The van der Waals surface area contributed by atoms with Gasteiger partial charge in [-0.1, -0.05) is 12.1 Å². The number of esters is 2. The van der Waals surface area contributed by atoms with Crippen molar-refractivity contribution in [1.82, 2.24) is 0 Å². The number of hydrogen-bond acceptors (Lipinski definition) is 4. The van der Waals surface area contributed by atoms with Gasteiger partial charge in [0.1, 0.15) is 0 Å². The van der Waals surface area contributed by atoms with E-state index in [9.17, 15) is 14.4 Å². The van der Waals surface area contributed by atoms with Crippen molar-refractivity contribution in [2.24, 2.45) is 0 Å². The van der Waals surface area contributed by atoms with Crippen molar-refractivity contribution < 1.29 is 24.2 Å². The SMILES string of the molecule is CC(=O)OC(=O)c1ccccc1C(=O)O.[PbH2]. The van der Waals surface area contributed by atoms with E-state index in [0.29, 0.717) is 0 Å². The van der Waals surface area contributed by atoms with Gasteiger partial charge in [-0.05, 0) is 12.1 Å². The minimum atomic E-state index is -1.24. The summed E-state index contributed by atoms with van der Waals surface area (Å²) < 4.78 is 4.29. The fourth-order valence-corrected chi connectivity index (χ4v) is 1.03. The Morgan fingerprint density at radius 1 is 1.12 bits per heavy atom. The quantitative estimate of drug-likeness (QED) is 0.422. The third-order valence-corrected chi connectivity index (χ3v) is 1.61. The maximum absolute atomic E-state index is 11.3. The first-order chi connectivity index (χ1) is 7.02. The van der Waals surface area contributed by atoms with Gasteiger partial charge in [0.15, 0.2) is 0 Å². The zero-order valence-corrected chi connectivity index (χ0v) is 14.1. The molecule has 84 valence electrons. The monoisotopic (exact) mass is 418 g/mol. The molecule has 1 rings (SSSR count). The maximum atomic E-state index is 11.3. The molecule has 0 aromatic heterocycles. The molecule has 0 saturated heterocycles. The molecular weight excluding hydrogens is 407 g/mol. The van der Waals surface area contributed by atoms with Crippen molar-refractivity contribution in [1.29, 1.82) is 0 Å². The van der Waals surface area contributed by atoms with Crippen LogP contribution in [0.1, 0.15) is 27.6 Å². The second kappa shape index (κ2) is 6.36. The normalized spacial score (nSPS) is 8.81. The zero-order valence-electron chi connectivity index (χ0n) is 8.60. The molecule has 0 atom stereocenters. The molecular formula is C10H10O5Pb. The van der Waals surface area contributed by atoms with Gasteiger partial charge in [0.2, 0.25) is 0 Å². The summed E-state index contributed by atoms with van der Waals surface area (Å²) in [6.45, 7) is 1.07. The van der Waals surface area contributed by atoms with Gasteiger partial charge >= 0.3 is 45.2 Å². The van der Waals surface area contributed by atoms with Gasteiger partial charge in [0, 0.05) is 6.92 Å². The van der Waals surface area contributed by atoms with Crippen molar-refractivity contribution in [2.45, 2.75) is 6.92 Å². The van der Waals surface area contributed by atoms with Crippen LogP contribution in [0.15, 0.2) is 24.3 Å². The van der Waals surface area contributed by atoms with Crippen LogP contribution in [0.3, 0.4) is 0 Å². The number of ether oxygens (including phenoxy) is 1. The van der Waals surface area contributed by atoms with E-state index >= 15 is 0 Å². The number of carboxylic acid groups (broad SMARTS) is 1. The summed E-state index contributed by atoms with van der Waals surface area (Å²) >= 11 is 0. The van der Waals surface area contributed by atoms with Gasteiger partial charge in [-0.2, -0.15) is 0 Å². The molecule has 1 N–H and O–H groups in total. The molecule has 0 aliphatic heterocycles. The molecule has 0 unspecified atom stereocenters. The Kier molecular flexibility index (Phi) is 5.86. The molecule has 0 aliphatic rings. The average molecular weight is 417 g/mol. The van der Waals surface area contributed by atoms with Crippen molar-refractivity contribution in [3.05, 3.63) is 35.4 Å². The van der Waals surface area contributed by atoms with Crippen LogP contribution >= 0.6 is 0 Å². The summed E-state index contributed by atoms with van der Waals surface area (Å²) in [6.07, 6.45) is 0. The Bertz CT molecular complexity index is 427. The van der Waals surface area contributed by atoms with Gasteiger partial charge in [0.05, 0.1) is 11.1 Å². The zero-order chi connectivity index (χ0) is 11.4. The molecule has 1 aromatic rings. The number of carbonyl (C=O) groups is 3. The third kappa shape index (κ3) is 3.72. The fraction of sp³-hybridized carbons (Fsp3) is 0.100. The second-order valence-corrected chi connectivity index (χ2v) is 2.73. The van der Waals surface area contributed by atoms with Crippen LogP contribution in [-0.4, -0.2) is 50.3 Å². The number of aromatic carboxylic acids is 1. The van der Waals surface area contributed by atoms with Crippen LogP contribution in [0.4, 0.5) is 0 Å². The molecule has 16 heavy (non-hydrogen) atoms. The molecule has 0 spiro atoms. The molecule has 0 bridgehead atoms. The molecule has 2 radical (unpaired) electrons. The fourth-order valence-electron chi connectivity index (χ4n) is 1.03. The number of carboxylic acids is 1. The van der Waals surface area contributed by atoms with Crippen molar-refractivity contribution in [3.8, 4) is 0 Å². The molecule has 6 heteroatoms. The van der Waals surface area contributed by atoms with Gasteiger partial charge in [-0.15, -0.1) is 0 Å². The van der Waals surface area contributed by atoms with Gasteiger partial charge in [0.25, 0.3) is 0 Å². The first kappa shape index (κ1) is 14.8. The predicted molar refractivity (Wildman–Crippen MR) is 58.0 cm³/mol. The molecule has 0 saturated carbocycles. The number of rotatable bonds is 2. The van der Waals surface area contributed by atoms with E-state index in [1.165, 1.54) is 24.3 Å². The first-order valence-corrected chi connectivity index (χ1v) is 4.07. The summed E-state index contributed by atoms with van der Waals surface area (Å²) in [5.74, 6) is -2.98. The Morgan fingerprint density at radius 2 is 1.62 bits per heavy atom. The minimum absolute atomic E-state index is 0. The molecule has 0 aliphatic carbocycles. The second-order valence-electron chi connectivity index (χ2n) is 2.73. The number of benzene rings is 1. The molecule has 0 amide bonds. The average Bonchev–Trinajstić information content (AvgIpc) is 2.16. The van der Waals surface area contributed by atoms with E-state index in [4.69, 9.17) is 5.11 Å². The van der Waals surface area contributed by atoms with Gasteiger partial charge in [-0.3, -0.25) is 4.79 Å². The summed E-state index contributed by atoms with van der Waals surface area (Å²) in [6, 6.07) is 5.52. The van der Waals surface area contributed by atoms with E-state index in [2.05, 4.69) is 4.74 Å². The summed E-state index contributed by atoms with van der Waals surface area (Å²) in [7, 11) is 0. The Morgan fingerprint density at radius 3 is 2.06 bits per heavy atom. The summed E-state index contributed by atoms with van der Waals surface area (Å²) in [4.78, 5) is 32.5. The van der Waals surface area contributed by atoms with Gasteiger partial charge < -0.3 is 9.84 Å². The van der Waals surface area contributed by atoms with Crippen LogP contribution in [0.25, 0.3) is 0 Å². The molecule has 5 nitrogen and oxygen atoms in total. The van der Waals surface area contributed by atoms with E-state index in [0.717, 1.165) is 6.92 Å². The summed E-state index contributed by atoms with van der Waals surface area (Å²) in [5, 5.41) is 8.76. The van der Waals surface area contributed by atoms with Crippen molar-refractivity contribution >= 4 is 45.2 Å². The molecule has 0 fully saturated rings. The third-order valence-electron chi connectivity index (χ3n) is 1.61. The Balaban J connectivity index is 0.00000225. The van der Waals surface area contributed by atoms with Crippen LogP contribution in [-0.2, 0) is 9.53 Å². The molecule has 0 heterocycles. The standard InChI is InChI=1S/C10H8O5.Pb.2H/c1-6(11)15-10(14)8-5-3-2-4-7(8)9(12)13;;;/h2-5H,1H3,(H,12,13);;;. The van der Waals surface area contributed by atoms with Crippen LogP contribution in [0.2, 0.25) is 0 Å². The van der Waals surface area contributed by atoms with Crippen LogP contribution in [0, 0.1) is 0 Å². The van der Waals surface area contributed by atoms with Crippen LogP contribution in [0.5, 0.6) is 0 Å². The van der Waals surface area contributed by atoms with Crippen molar-refractivity contribution in [2.75, 3.05) is 0 Å². The van der Waals surface area contributed by atoms with E-state index in [-0.39, 0.29) is 38.4 Å². The first-order valence-electron chi connectivity index (χ1n) is 4.07. The molecule has 1 aromatic carbocycles. The Hall–Kier alpha value is -1.25. The predicted octanol–water partition coefficient (Wildman–Crippen LogP) is 0.172. The van der Waals surface area contributed by atoms with E-state index < -0.39 is 17.9 Å². The van der Waals surface area contributed by atoms with E-state index in [1.807, 2.05) is 0 Å². The number of carbonyl (C=O) groups excluding carboxylic acids is 2. The van der Waals surface area contributed by atoms with Crippen LogP contribution < -0.4 is 0 Å². The number of hydrogen-bond donors (Lipinski definition) is 1. The topological polar surface area (TPSA) is 80.7 Å². The Labute approximate surface area is 112 Å². The summed E-state index contributed by atoms with van der Waals surface area (Å²) in [5.41, 5.74) is -0.330. The van der Waals surface area contributed by atoms with Gasteiger partial charge in [-0.25, -0.2) is 9.59 Å². The van der Waals surface area contributed by atoms with E-state index in [1.54, 1.807) is 0 Å².